The maximum absolute atomic E-state index is 12.4. The smallest absolute Gasteiger partial charge is 0.226 e. The second-order valence-corrected chi connectivity index (χ2v) is 8.53. The third-order valence-corrected chi connectivity index (χ3v) is 5.80. The van der Waals surface area contributed by atoms with Crippen LogP contribution in [0.5, 0.6) is 0 Å². The van der Waals surface area contributed by atoms with Gasteiger partial charge in [0.1, 0.15) is 6.26 Å². The van der Waals surface area contributed by atoms with Crippen molar-refractivity contribution in [1.29, 1.82) is 0 Å². The molecule has 3 rings (SSSR count). The highest BCUT2D eigenvalue weighted by atomic mass is 32.2. The summed E-state index contributed by atoms with van der Waals surface area (Å²) in [7, 11) is -3.34. The molecule has 0 saturated heterocycles. The van der Waals surface area contributed by atoms with E-state index >= 15 is 0 Å². The highest BCUT2D eigenvalue weighted by Gasteiger charge is 2.18. The third-order valence-electron chi connectivity index (χ3n) is 3.37. The zero-order valence-electron chi connectivity index (χ0n) is 13.3. The molecule has 0 spiro atoms. The monoisotopic (exact) mass is 362 g/mol. The Bertz CT molecular complexity index is 899. The number of hydrogen-bond donors (Lipinski definition) is 0. The standard InChI is InChI=1S/C17H18N2O3S2/c1-2-6-16-18-15(10-23-16)12-24(20,21)11-14-9-22-17(19-14)13-7-4-3-5-8-13/h3-5,7-10H,2,6,11-12H2,1H3. The molecule has 0 saturated carbocycles. The fraction of sp³-hybridized carbons (Fsp3) is 0.294. The molecule has 0 aliphatic carbocycles. The number of rotatable bonds is 7. The van der Waals surface area contributed by atoms with E-state index in [-0.39, 0.29) is 11.5 Å². The Balaban J connectivity index is 1.69. The minimum Gasteiger partial charge on any atom is -0.444 e. The van der Waals surface area contributed by atoms with E-state index < -0.39 is 9.84 Å². The van der Waals surface area contributed by atoms with Crippen molar-refractivity contribution in [1.82, 2.24) is 9.97 Å². The predicted molar refractivity (Wildman–Crippen MR) is 94.4 cm³/mol. The van der Waals surface area contributed by atoms with Crippen molar-refractivity contribution in [2.24, 2.45) is 0 Å². The van der Waals surface area contributed by atoms with Gasteiger partial charge in [0.25, 0.3) is 0 Å². The van der Waals surface area contributed by atoms with Gasteiger partial charge in [-0.3, -0.25) is 0 Å². The van der Waals surface area contributed by atoms with Crippen LogP contribution in [0.15, 0.2) is 46.4 Å². The first-order valence-corrected chi connectivity index (χ1v) is 10.4. The lowest BCUT2D eigenvalue weighted by molar-refractivity contribution is 0.571. The van der Waals surface area contributed by atoms with Crippen LogP contribution in [0.25, 0.3) is 11.5 Å². The van der Waals surface area contributed by atoms with Crippen LogP contribution >= 0.6 is 11.3 Å². The first-order chi connectivity index (χ1) is 11.6. The number of aromatic nitrogens is 2. The summed E-state index contributed by atoms with van der Waals surface area (Å²) in [5, 5.41) is 2.80. The SMILES string of the molecule is CCCc1nc(CS(=O)(=O)Cc2coc(-c3ccccc3)n2)cs1. The van der Waals surface area contributed by atoms with Gasteiger partial charge in [0.2, 0.25) is 5.89 Å². The molecule has 0 unspecified atom stereocenters. The van der Waals surface area contributed by atoms with Crippen molar-refractivity contribution in [2.45, 2.75) is 31.3 Å². The Morgan fingerprint density at radius 2 is 1.83 bits per heavy atom. The van der Waals surface area contributed by atoms with Crippen molar-refractivity contribution in [3.63, 3.8) is 0 Å². The lowest BCUT2D eigenvalue weighted by atomic mass is 10.2. The summed E-state index contributed by atoms with van der Waals surface area (Å²) >= 11 is 1.51. The summed E-state index contributed by atoms with van der Waals surface area (Å²) < 4.78 is 30.1. The molecule has 1 aromatic carbocycles. The van der Waals surface area contributed by atoms with Gasteiger partial charge < -0.3 is 4.42 Å². The minimum absolute atomic E-state index is 0.0687. The average molecular weight is 362 g/mol. The van der Waals surface area contributed by atoms with Crippen molar-refractivity contribution in [3.8, 4) is 11.5 Å². The van der Waals surface area contributed by atoms with Crippen molar-refractivity contribution < 1.29 is 12.8 Å². The molecular weight excluding hydrogens is 344 g/mol. The van der Waals surface area contributed by atoms with Gasteiger partial charge in [-0.1, -0.05) is 25.1 Å². The van der Waals surface area contributed by atoms with Gasteiger partial charge in [-0.15, -0.1) is 11.3 Å². The van der Waals surface area contributed by atoms with Crippen LogP contribution in [0, 0.1) is 0 Å². The van der Waals surface area contributed by atoms with Crippen molar-refractivity contribution in [3.05, 3.63) is 58.4 Å². The van der Waals surface area contributed by atoms with Gasteiger partial charge in [-0.05, 0) is 25.0 Å². The second kappa shape index (κ2) is 7.27. The van der Waals surface area contributed by atoms with E-state index in [4.69, 9.17) is 4.42 Å². The molecule has 0 aliphatic heterocycles. The molecule has 126 valence electrons. The molecule has 0 fully saturated rings. The molecule has 3 aromatic rings. The van der Waals surface area contributed by atoms with E-state index in [2.05, 4.69) is 16.9 Å². The molecule has 24 heavy (non-hydrogen) atoms. The van der Waals surface area contributed by atoms with Gasteiger partial charge >= 0.3 is 0 Å². The Hall–Kier alpha value is -1.99. The Labute approximate surface area is 145 Å². The molecule has 5 nitrogen and oxygen atoms in total. The quantitative estimate of drug-likeness (QED) is 0.638. The molecule has 2 aromatic heterocycles. The van der Waals surface area contributed by atoms with E-state index in [1.807, 2.05) is 35.7 Å². The summed E-state index contributed by atoms with van der Waals surface area (Å²) in [4.78, 5) is 8.65. The number of nitrogens with zero attached hydrogens (tertiary/aromatic N) is 2. The number of thiazole rings is 1. The van der Waals surface area contributed by atoms with E-state index in [9.17, 15) is 8.42 Å². The first kappa shape index (κ1) is 16.9. The summed E-state index contributed by atoms with van der Waals surface area (Å²) in [6, 6.07) is 9.40. The zero-order chi connectivity index (χ0) is 17.0. The van der Waals surface area contributed by atoms with Gasteiger partial charge in [0.15, 0.2) is 9.84 Å². The third kappa shape index (κ3) is 4.30. The number of aryl methyl sites for hydroxylation is 1. The van der Waals surface area contributed by atoms with Crippen LogP contribution in [0.3, 0.4) is 0 Å². The summed E-state index contributed by atoms with van der Waals surface area (Å²) in [6.07, 6.45) is 3.29. The largest absolute Gasteiger partial charge is 0.444 e. The topological polar surface area (TPSA) is 73.1 Å². The Morgan fingerprint density at radius 1 is 1.08 bits per heavy atom. The van der Waals surface area contributed by atoms with E-state index in [0.717, 1.165) is 23.4 Å². The normalized spacial score (nSPS) is 11.7. The lowest BCUT2D eigenvalue weighted by Gasteiger charge is -1.99. The summed E-state index contributed by atoms with van der Waals surface area (Å²) in [6.45, 7) is 2.08. The fourth-order valence-electron chi connectivity index (χ4n) is 2.33. The van der Waals surface area contributed by atoms with Crippen LogP contribution < -0.4 is 0 Å². The number of sulfone groups is 1. The molecule has 2 heterocycles. The molecule has 7 heteroatoms. The van der Waals surface area contributed by atoms with Crippen LogP contribution in [-0.2, 0) is 27.8 Å². The first-order valence-electron chi connectivity index (χ1n) is 7.69. The Kier molecular flexibility index (Phi) is 5.11. The second-order valence-electron chi connectivity index (χ2n) is 5.52. The zero-order valence-corrected chi connectivity index (χ0v) is 14.9. The molecule has 0 amide bonds. The summed E-state index contributed by atoms with van der Waals surface area (Å²) in [5.74, 6) is 0.213. The van der Waals surface area contributed by atoms with Crippen LogP contribution in [0.1, 0.15) is 29.7 Å². The molecule has 0 radical (unpaired) electrons. The van der Waals surface area contributed by atoms with Gasteiger partial charge in [0, 0.05) is 10.9 Å². The lowest BCUT2D eigenvalue weighted by Crippen LogP contribution is -2.08. The van der Waals surface area contributed by atoms with Crippen molar-refractivity contribution in [2.75, 3.05) is 0 Å². The number of hydrogen-bond acceptors (Lipinski definition) is 6. The molecular formula is C17H18N2O3S2. The van der Waals surface area contributed by atoms with E-state index in [0.29, 0.717) is 17.3 Å². The maximum Gasteiger partial charge on any atom is 0.226 e. The van der Waals surface area contributed by atoms with E-state index in [1.165, 1.54) is 17.6 Å². The average Bonchev–Trinajstić information content (AvgIpc) is 3.17. The fourth-order valence-corrected chi connectivity index (χ4v) is 4.62. The minimum atomic E-state index is -3.34. The highest BCUT2D eigenvalue weighted by molar-refractivity contribution is 7.89. The predicted octanol–water partition coefficient (Wildman–Crippen LogP) is 3.87. The number of oxazole rings is 1. The van der Waals surface area contributed by atoms with Gasteiger partial charge in [-0.2, -0.15) is 0 Å². The molecule has 0 aliphatic rings. The molecule has 0 atom stereocenters. The van der Waals surface area contributed by atoms with E-state index in [1.54, 1.807) is 0 Å². The van der Waals surface area contributed by atoms with Gasteiger partial charge in [-0.25, -0.2) is 18.4 Å². The molecule has 0 N–H and O–H groups in total. The number of benzene rings is 1. The van der Waals surface area contributed by atoms with Crippen LogP contribution in [-0.4, -0.2) is 18.4 Å². The van der Waals surface area contributed by atoms with Crippen molar-refractivity contribution >= 4 is 21.2 Å². The molecule has 0 bridgehead atoms. The highest BCUT2D eigenvalue weighted by Crippen LogP contribution is 2.20. The Morgan fingerprint density at radius 3 is 2.58 bits per heavy atom. The van der Waals surface area contributed by atoms with Crippen LogP contribution in [0.2, 0.25) is 0 Å². The van der Waals surface area contributed by atoms with Gasteiger partial charge in [0.05, 0.1) is 27.9 Å². The van der Waals surface area contributed by atoms with Crippen LogP contribution in [0.4, 0.5) is 0 Å². The maximum atomic E-state index is 12.4. The summed E-state index contributed by atoms with van der Waals surface area (Å²) in [5.41, 5.74) is 1.85.